The predicted molar refractivity (Wildman–Crippen MR) is 117 cm³/mol. The molecule has 2 aliphatic heterocycles. The van der Waals surface area contributed by atoms with E-state index in [0.29, 0.717) is 18.6 Å². The number of likely N-dealkylation sites (tertiary alicyclic amines) is 2. The fraction of sp³-hybridized carbons (Fsp3) is 0.727. The van der Waals surface area contributed by atoms with E-state index in [1.54, 1.807) is 6.20 Å². The molecule has 1 aromatic rings. The summed E-state index contributed by atoms with van der Waals surface area (Å²) in [6.07, 6.45) is 11.6. The van der Waals surface area contributed by atoms with Gasteiger partial charge in [-0.25, -0.2) is 0 Å². The van der Waals surface area contributed by atoms with Crippen molar-refractivity contribution in [1.29, 1.82) is 0 Å². The molecule has 2 fully saturated rings. The number of carbonyl (C=O) groups excluding carboxylic acids is 1. The fourth-order valence-corrected chi connectivity index (χ4v) is 5.10. The number of thioether (sulfide) groups is 1. The van der Waals surface area contributed by atoms with Gasteiger partial charge in [0.1, 0.15) is 0 Å². The molecule has 3 rings (SSSR count). The summed E-state index contributed by atoms with van der Waals surface area (Å²) in [4.78, 5) is 21.9. The Balaban J connectivity index is 1.35. The molecule has 5 nitrogen and oxygen atoms in total. The molecule has 2 aliphatic rings. The first-order chi connectivity index (χ1) is 13.7. The summed E-state index contributed by atoms with van der Waals surface area (Å²) >= 11 is 1.95. The third-order valence-corrected chi connectivity index (χ3v) is 7.11. The Morgan fingerprint density at radius 3 is 2.64 bits per heavy atom. The van der Waals surface area contributed by atoms with Crippen molar-refractivity contribution in [1.82, 2.24) is 20.1 Å². The summed E-state index contributed by atoms with van der Waals surface area (Å²) in [6.45, 7) is 7.55. The lowest BCUT2D eigenvalue weighted by Gasteiger charge is -2.43. The molecule has 1 N–H and O–H groups in total. The minimum absolute atomic E-state index is 0.166. The van der Waals surface area contributed by atoms with Crippen LogP contribution in [0.1, 0.15) is 44.6 Å². The number of nitrogens with zero attached hydrogens (tertiary/aromatic N) is 3. The molecule has 0 saturated carbocycles. The highest BCUT2D eigenvalue weighted by atomic mass is 32.2. The average Bonchev–Trinajstić information content (AvgIpc) is 2.76. The van der Waals surface area contributed by atoms with Crippen molar-refractivity contribution in [2.75, 3.05) is 38.2 Å². The van der Waals surface area contributed by atoms with Crippen LogP contribution in [0.15, 0.2) is 24.5 Å². The molecule has 6 heteroatoms. The second-order valence-corrected chi connectivity index (χ2v) is 9.27. The van der Waals surface area contributed by atoms with E-state index in [4.69, 9.17) is 0 Å². The molecule has 1 aromatic heterocycles. The summed E-state index contributed by atoms with van der Waals surface area (Å²) in [7, 11) is 0. The van der Waals surface area contributed by atoms with E-state index in [0.717, 1.165) is 31.5 Å². The van der Waals surface area contributed by atoms with Gasteiger partial charge in [0.15, 0.2) is 0 Å². The zero-order valence-electron chi connectivity index (χ0n) is 17.5. The van der Waals surface area contributed by atoms with Gasteiger partial charge in [-0.2, -0.15) is 11.8 Å². The van der Waals surface area contributed by atoms with E-state index in [2.05, 4.69) is 33.3 Å². The number of amides is 1. The van der Waals surface area contributed by atoms with Crippen molar-refractivity contribution in [2.24, 2.45) is 5.92 Å². The molecule has 1 atom stereocenters. The van der Waals surface area contributed by atoms with Gasteiger partial charge in [0.25, 0.3) is 0 Å². The van der Waals surface area contributed by atoms with Gasteiger partial charge in [-0.15, -0.1) is 0 Å². The first-order valence-electron chi connectivity index (χ1n) is 10.8. The Bertz CT molecular complexity index is 583. The zero-order chi connectivity index (χ0) is 19.8. The number of hydrogen-bond donors (Lipinski definition) is 1. The van der Waals surface area contributed by atoms with E-state index in [1.807, 2.05) is 30.1 Å². The molecule has 0 radical (unpaired) electrons. The quantitative estimate of drug-likeness (QED) is 0.722. The highest BCUT2D eigenvalue weighted by Crippen LogP contribution is 2.25. The highest BCUT2D eigenvalue weighted by Gasteiger charge is 2.31. The number of nitrogens with one attached hydrogen (secondary N) is 1. The third kappa shape index (κ3) is 6.19. The molecular formula is C22H36N4OS. The molecule has 0 aliphatic carbocycles. The van der Waals surface area contributed by atoms with Crippen LogP contribution in [0.3, 0.4) is 0 Å². The van der Waals surface area contributed by atoms with Gasteiger partial charge in [-0.05, 0) is 88.8 Å². The summed E-state index contributed by atoms with van der Waals surface area (Å²) in [5, 5.41) is 3.09. The largest absolute Gasteiger partial charge is 0.352 e. The second-order valence-electron chi connectivity index (χ2n) is 8.29. The Labute approximate surface area is 174 Å². The van der Waals surface area contributed by atoms with Gasteiger partial charge >= 0.3 is 0 Å². The van der Waals surface area contributed by atoms with Crippen molar-refractivity contribution in [3.63, 3.8) is 0 Å². The standard InChI is InChI=1S/C22H36N4OS/c1-18(9-15-28-2)25-13-7-21(8-14-25)26-11-5-20(6-12-26)22(27)24-17-19-4-3-10-23-16-19/h3-4,10,16,18,20-21H,5-9,11-15,17H2,1-2H3,(H,24,27)/t18-/m0/s1. The maximum absolute atomic E-state index is 12.5. The Hall–Kier alpha value is -1.11. The van der Waals surface area contributed by atoms with Crippen LogP contribution in [0, 0.1) is 5.92 Å². The van der Waals surface area contributed by atoms with Crippen molar-refractivity contribution >= 4 is 17.7 Å². The van der Waals surface area contributed by atoms with Gasteiger partial charge in [0, 0.05) is 36.9 Å². The molecule has 0 unspecified atom stereocenters. The lowest BCUT2D eigenvalue weighted by Crippen LogP contribution is -2.50. The Morgan fingerprint density at radius 2 is 2.00 bits per heavy atom. The van der Waals surface area contributed by atoms with Gasteiger partial charge in [-0.3, -0.25) is 9.78 Å². The van der Waals surface area contributed by atoms with E-state index >= 15 is 0 Å². The van der Waals surface area contributed by atoms with Crippen LogP contribution in [0.2, 0.25) is 0 Å². The van der Waals surface area contributed by atoms with Crippen molar-refractivity contribution in [2.45, 2.75) is 57.7 Å². The van der Waals surface area contributed by atoms with E-state index in [9.17, 15) is 4.79 Å². The molecule has 28 heavy (non-hydrogen) atoms. The van der Waals surface area contributed by atoms with Crippen LogP contribution >= 0.6 is 11.8 Å². The normalized spacial score (nSPS) is 21.5. The molecule has 156 valence electrons. The molecule has 1 amide bonds. The number of hydrogen-bond acceptors (Lipinski definition) is 5. The van der Waals surface area contributed by atoms with Crippen LogP contribution in [0.5, 0.6) is 0 Å². The topological polar surface area (TPSA) is 48.5 Å². The first kappa shape index (κ1) is 21.6. The fourth-order valence-electron chi connectivity index (χ4n) is 4.53. The SMILES string of the molecule is CSCC[C@H](C)N1CCC(N2CCC(C(=O)NCc3cccnc3)CC2)CC1. The van der Waals surface area contributed by atoms with E-state index < -0.39 is 0 Å². The molecule has 0 bridgehead atoms. The summed E-state index contributed by atoms with van der Waals surface area (Å²) in [5.74, 6) is 1.64. The summed E-state index contributed by atoms with van der Waals surface area (Å²) in [6, 6.07) is 5.34. The van der Waals surface area contributed by atoms with E-state index in [-0.39, 0.29) is 11.8 Å². The predicted octanol–water partition coefficient (Wildman–Crippen LogP) is 3.02. The number of rotatable bonds is 8. The van der Waals surface area contributed by atoms with Crippen LogP contribution in [-0.4, -0.2) is 71.0 Å². The third-order valence-electron chi connectivity index (χ3n) is 6.47. The molecule has 3 heterocycles. The molecule has 0 aromatic carbocycles. The minimum Gasteiger partial charge on any atom is -0.352 e. The minimum atomic E-state index is 0.166. The van der Waals surface area contributed by atoms with Crippen molar-refractivity contribution < 1.29 is 4.79 Å². The monoisotopic (exact) mass is 404 g/mol. The number of carbonyl (C=O) groups is 1. The van der Waals surface area contributed by atoms with Gasteiger partial charge in [0.05, 0.1) is 0 Å². The molecule has 2 saturated heterocycles. The van der Waals surface area contributed by atoms with Crippen LogP contribution in [0.4, 0.5) is 0 Å². The maximum Gasteiger partial charge on any atom is 0.223 e. The summed E-state index contributed by atoms with van der Waals surface area (Å²) in [5.41, 5.74) is 1.06. The average molecular weight is 405 g/mol. The first-order valence-corrected chi connectivity index (χ1v) is 12.2. The smallest absolute Gasteiger partial charge is 0.223 e. The Kier molecular flexibility index (Phi) is 8.62. The van der Waals surface area contributed by atoms with Crippen molar-refractivity contribution in [3.05, 3.63) is 30.1 Å². The zero-order valence-corrected chi connectivity index (χ0v) is 18.3. The van der Waals surface area contributed by atoms with Crippen molar-refractivity contribution in [3.8, 4) is 0 Å². The highest BCUT2D eigenvalue weighted by molar-refractivity contribution is 7.98. The van der Waals surface area contributed by atoms with Gasteiger partial charge < -0.3 is 15.1 Å². The lowest BCUT2D eigenvalue weighted by molar-refractivity contribution is -0.126. The second kappa shape index (κ2) is 11.2. The number of pyridine rings is 1. The lowest BCUT2D eigenvalue weighted by atomic mass is 9.92. The maximum atomic E-state index is 12.5. The van der Waals surface area contributed by atoms with Crippen LogP contribution in [-0.2, 0) is 11.3 Å². The molecule has 0 spiro atoms. The van der Waals surface area contributed by atoms with Gasteiger partial charge in [0.2, 0.25) is 5.91 Å². The Morgan fingerprint density at radius 1 is 1.25 bits per heavy atom. The summed E-state index contributed by atoms with van der Waals surface area (Å²) < 4.78 is 0. The van der Waals surface area contributed by atoms with Gasteiger partial charge in [-0.1, -0.05) is 6.07 Å². The number of aromatic nitrogens is 1. The number of piperidine rings is 2. The van der Waals surface area contributed by atoms with E-state index in [1.165, 1.54) is 38.1 Å². The molecular weight excluding hydrogens is 368 g/mol. The van der Waals surface area contributed by atoms with Crippen LogP contribution in [0.25, 0.3) is 0 Å². The van der Waals surface area contributed by atoms with Crippen LogP contribution < -0.4 is 5.32 Å².